The molecule has 1 aromatic carbocycles. The number of aryl methyl sites for hydroxylation is 1. The van der Waals surface area contributed by atoms with E-state index in [2.05, 4.69) is 23.7 Å². The van der Waals surface area contributed by atoms with Gasteiger partial charge in [-0.1, -0.05) is 38.1 Å². The first-order chi connectivity index (χ1) is 15.8. The molecule has 1 saturated heterocycles. The summed E-state index contributed by atoms with van der Waals surface area (Å²) in [6.45, 7) is 9.48. The van der Waals surface area contributed by atoms with E-state index < -0.39 is 5.41 Å². The SMILES string of the molecule is CCN(CC)CCN(C)C(=O)CC1(c2ccccc2C)CC(=O)N(Cc2ccncc2)C1=O. The lowest BCUT2D eigenvalue weighted by molar-refractivity contribution is -0.143. The zero-order chi connectivity index (χ0) is 24.0. The highest BCUT2D eigenvalue weighted by molar-refractivity contribution is 6.10. The average Bonchev–Trinajstić information content (AvgIpc) is 3.05. The predicted octanol–water partition coefficient (Wildman–Crippen LogP) is 2.78. The van der Waals surface area contributed by atoms with Crippen LogP contribution in [0.2, 0.25) is 0 Å². The maximum Gasteiger partial charge on any atom is 0.241 e. The minimum absolute atomic E-state index is 0.00258. The van der Waals surface area contributed by atoms with Gasteiger partial charge in [0.2, 0.25) is 17.7 Å². The number of aromatic nitrogens is 1. The number of rotatable bonds is 10. The van der Waals surface area contributed by atoms with Crippen LogP contribution in [-0.4, -0.2) is 70.6 Å². The molecule has 7 heteroatoms. The summed E-state index contributed by atoms with van der Waals surface area (Å²) in [4.78, 5) is 49.5. The van der Waals surface area contributed by atoms with E-state index in [0.29, 0.717) is 6.54 Å². The first-order valence-corrected chi connectivity index (χ1v) is 11.6. The van der Waals surface area contributed by atoms with Crippen LogP contribution in [0.5, 0.6) is 0 Å². The Bertz CT molecular complexity index is 990. The standard InChI is InChI=1S/C26H34N4O3/c1-5-29(6-2)16-15-28(4)23(31)17-26(22-10-8-7-9-20(22)3)18-24(32)30(25(26)33)19-21-11-13-27-14-12-21/h7-14H,5-6,15-19H2,1-4H3. The molecule has 1 fully saturated rings. The van der Waals surface area contributed by atoms with E-state index in [-0.39, 0.29) is 37.1 Å². The fraction of sp³-hybridized carbons (Fsp3) is 0.462. The summed E-state index contributed by atoms with van der Waals surface area (Å²) < 4.78 is 0. The molecular formula is C26H34N4O3. The highest BCUT2D eigenvalue weighted by atomic mass is 16.2. The number of imide groups is 1. The van der Waals surface area contributed by atoms with Crippen LogP contribution in [0.25, 0.3) is 0 Å². The number of amides is 3. The van der Waals surface area contributed by atoms with Crippen LogP contribution in [0.15, 0.2) is 48.8 Å². The minimum Gasteiger partial charge on any atom is -0.344 e. The number of hydrogen-bond donors (Lipinski definition) is 0. The summed E-state index contributed by atoms with van der Waals surface area (Å²) in [6.07, 6.45) is 3.26. The first kappa shape index (κ1) is 24.6. The Hall–Kier alpha value is -3.06. The van der Waals surface area contributed by atoms with E-state index in [1.165, 1.54) is 4.90 Å². The van der Waals surface area contributed by atoms with Crippen molar-refractivity contribution in [3.63, 3.8) is 0 Å². The number of hydrogen-bond acceptors (Lipinski definition) is 5. The lowest BCUT2D eigenvalue weighted by atomic mass is 9.74. The van der Waals surface area contributed by atoms with Crippen LogP contribution in [0.1, 0.15) is 43.4 Å². The molecule has 1 aromatic heterocycles. The van der Waals surface area contributed by atoms with Gasteiger partial charge in [0.05, 0.1) is 12.0 Å². The number of pyridine rings is 1. The fourth-order valence-electron chi connectivity index (χ4n) is 4.53. The molecule has 7 nitrogen and oxygen atoms in total. The third kappa shape index (κ3) is 5.30. The monoisotopic (exact) mass is 450 g/mol. The molecule has 3 amide bonds. The van der Waals surface area contributed by atoms with Crippen molar-refractivity contribution < 1.29 is 14.4 Å². The van der Waals surface area contributed by atoms with Crippen molar-refractivity contribution in [2.75, 3.05) is 33.2 Å². The normalized spacial score (nSPS) is 18.3. The van der Waals surface area contributed by atoms with E-state index in [1.54, 1.807) is 36.5 Å². The van der Waals surface area contributed by atoms with Crippen molar-refractivity contribution in [3.8, 4) is 0 Å². The van der Waals surface area contributed by atoms with Crippen LogP contribution in [-0.2, 0) is 26.3 Å². The van der Waals surface area contributed by atoms with Crippen molar-refractivity contribution in [1.82, 2.24) is 19.7 Å². The van der Waals surface area contributed by atoms with Crippen molar-refractivity contribution in [1.29, 1.82) is 0 Å². The zero-order valence-electron chi connectivity index (χ0n) is 20.1. The largest absolute Gasteiger partial charge is 0.344 e. The number of benzene rings is 1. The molecule has 0 N–H and O–H groups in total. The molecule has 0 aliphatic carbocycles. The molecule has 1 aliphatic heterocycles. The molecule has 33 heavy (non-hydrogen) atoms. The Kier molecular flexibility index (Phi) is 7.97. The van der Waals surface area contributed by atoms with E-state index in [1.807, 2.05) is 31.2 Å². The molecule has 2 heterocycles. The van der Waals surface area contributed by atoms with Crippen molar-refractivity contribution in [2.45, 2.75) is 45.6 Å². The second kappa shape index (κ2) is 10.7. The predicted molar refractivity (Wildman–Crippen MR) is 127 cm³/mol. The zero-order valence-corrected chi connectivity index (χ0v) is 20.1. The molecule has 0 bridgehead atoms. The quantitative estimate of drug-likeness (QED) is 0.521. The molecule has 0 spiro atoms. The lowest BCUT2D eigenvalue weighted by Crippen LogP contribution is -2.44. The van der Waals surface area contributed by atoms with E-state index in [9.17, 15) is 14.4 Å². The molecule has 1 atom stereocenters. The van der Waals surface area contributed by atoms with Crippen LogP contribution < -0.4 is 0 Å². The van der Waals surface area contributed by atoms with Gasteiger partial charge < -0.3 is 9.80 Å². The van der Waals surface area contributed by atoms with Crippen LogP contribution >= 0.6 is 0 Å². The highest BCUT2D eigenvalue weighted by Crippen LogP contribution is 2.42. The van der Waals surface area contributed by atoms with Gasteiger partial charge in [0, 0.05) is 45.4 Å². The summed E-state index contributed by atoms with van der Waals surface area (Å²) >= 11 is 0. The van der Waals surface area contributed by atoms with Crippen molar-refractivity contribution in [3.05, 3.63) is 65.5 Å². The molecule has 1 aliphatic rings. The average molecular weight is 451 g/mol. The Morgan fingerprint density at radius 2 is 1.73 bits per heavy atom. The molecule has 0 saturated carbocycles. The van der Waals surface area contributed by atoms with Crippen molar-refractivity contribution >= 4 is 17.7 Å². The molecule has 2 aromatic rings. The van der Waals surface area contributed by atoms with Gasteiger partial charge in [-0.15, -0.1) is 0 Å². The third-order valence-electron chi connectivity index (χ3n) is 6.68. The Labute approximate surface area is 196 Å². The van der Waals surface area contributed by atoms with Gasteiger partial charge >= 0.3 is 0 Å². The number of likely N-dealkylation sites (tertiary alicyclic amines) is 1. The maximum absolute atomic E-state index is 13.8. The smallest absolute Gasteiger partial charge is 0.241 e. The summed E-state index contributed by atoms with van der Waals surface area (Å²) in [5, 5.41) is 0. The number of nitrogens with zero attached hydrogens (tertiary/aromatic N) is 4. The fourth-order valence-corrected chi connectivity index (χ4v) is 4.53. The molecule has 0 radical (unpaired) electrons. The summed E-state index contributed by atoms with van der Waals surface area (Å²) in [5.74, 6) is -0.680. The number of carbonyl (C=O) groups excluding carboxylic acids is 3. The number of likely N-dealkylation sites (N-methyl/N-ethyl adjacent to an activating group) is 2. The van der Waals surface area contributed by atoms with E-state index in [0.717, 1.165) is 36.3 Å². The maximum atomic E-state index is 13.8. The van der Waals surface area contributed by atoms with Crippen LogP contribution in [0.3, 0.4) is 0 Å². The molecule has 176 valence electrons. The highest BCUT2D eigenvalue weighted by Gasteiger charge is 2.54. The topological polar surface area (TPSA) is 73.8 Å². The summed E-state index contributed by atoms with van der Waals surface area (Å²) in [5.41, 5.74) is 1.31. The summed E-state index contributed by atoms with van der Waals surface area (Å²) in [7, 11) is 1.77. The Morgan fingerprint density at radius 1 is 1.06 bits per heavy atom. The Morgan fingerprint density at radius 3 is 2.36 bits per heavy atom. The molecule has 1 unspecified atom stereocenters. The second-order valence-corrected chi connectivity index (χ2v) is 8.73. The van der Waals surface area contributed by atoms with Gasteiger partial charge in [0.25, 0.3) is 0 Å². The first-order valence-electron chi connectivity index (χ1n) is 11.6. The van der Waals surface area contributed by atoms with Gasteiger partial charge in [-0.25, -0.2) is 0 Å². The van der Waals surface area contributed by atoms with Crippen molar-refractivity contribution in [2.24, 2.45) is 0 Å². The van der Waals surface area contributed by atoms with Gasteiger partial charge in [-0.3, -0.25) is 24.3 Å². The van der Waals surface area contributed by atoms with Crippen LogP contribution in [0, 0.1) is 6.92 Å². The van der Waals surface area contributed by atoms with Gasteiger partial charge in [-0.05, 0) is 48.8 Å². The van der Waals surface area contributed by atoms with E-state index >= 15 is 0 Å². The van der Waals surface area contributed by atoms with Gasteiger partial charge in [0.1, 0.15) is 0 Å². The molecular weight excluding hydrogens is 416 g/mol. The third-order valence-corrected chi connectivity index (χ3v) is 6.68. The summed E-state index contributed by atoms with van der Waals surface area (Å²) in [6, 6.07) is 11.2. The second-order valence-electron chi connectivity index (χ2n) is 8.73. The van der Waals surface area contributed by atoms with Crippen LogP contribution in [0.4, 0.5) is 0 Å². The molecule has 3 rings (SSSR count). The lowest BCUT2D eigenvalue weighted by Gasteiger charge is -2.31. The van der Waals surface area contributed by atoms with E-state index in [4.69, 9.17) is 0 Å². The number of carbonyl (C=O) groups is 3. The van der Waals surface area contributed by atoms with Gasteiger partial charge in [-0.2, -0.15) is 0 Å². The van der Waals surface area contributed by atoms with Gasteiger partial charge in [0.15, 0.2) is 0 Å². The Balaban J connectivity index is 1.89. The minimum atomic E-state index is -1.18.